The molecule has 0 radical (unpaired) electrons. The highest BCUT2D eigenvalue weighted by Gasteiger charge is 2.07. The molecule has 1 heterocycles. The summed E-state index contributed by atoms with van der Waals surface area (Å²) in [6, 6.07) is 14.9. The van der Waals surface area contributed by atoms with Crippen molar-refractivity contribution in [2.45, 2.75) is 6.92 Å². The molecule has 0 fully saturated rings. The van der Waals surface area contributed by atoms with Crippen LogP contribution in [0.4, 0.5) is 0 Å². The molecule has 0 bridgehead atoms. The van der Waals surface area contributed by atoms with Gasteiger partial charge in [0.2, 0.25) is 5.89 Å². The molecule has 0 aliphatic heterocycles. The first-order valence-electron chi connectivity index (χ1n) is 5.71. The molecule has 18 heavy (non-hydrogen) atoms. The molecule has 0 spiro atoms. The molecule has 2 aromatic carbocycles. The number of hydrogen-bond donors (Lipinski definition) is 0. The van der Waals surface area contributed by atoms with Gasteiger partial charge in [0, 0.05) is 5.56 Å². The number of aromatic nitrogens is 1. The Kier molecular flexibility index (Phi) is 2.45. The highest BCUT2D eigenvalue weighted by atomic mass is 16.3. The first-order valence-corrected chi connectivity index (χ1v) is 5.71. The maximum absolute atomic E-state index is 11.9. The molecule has 0 saturated carbocycles. The highest BCUT2D eigenvalue weighted by molar-refractivity contribution is 5.77. The van der Waals surface area contributed by atoms with Crippen LogP contribution in [0, 0.1) is 6.92 Å². The fourth-order valence-corrected chi connectivity index (χ4v) is 1.87. The van der Waals surface area contributed by atoms with Crippen LogP contribution in [0.1, 0.15) is 5.56 Å². The third kappa shape index (κ3) is 1.80. The first-order chi connectivity index (χ1) is 8.74. The van der Waals surface area contributed by atoms with E-state index in [4.69, 9.17) is 4.42 Å². The lowest BCUT2D eigenvalue weighted by molar-refractivity contribution is 0.595. The fraction of sp³-hybridized carbons (Fsp3) is 0.0667. The summed E-state index contributed by atoms with van der Waals surface area (Å²) < 4.78 is 5.70. The topological polar surface area (TPSA) is 43.1 Å². The van der Waals surface area contributed by atoms with Crippen molar-refractivity contribution in [3.8, 4) is 11.5 Å². The van der Waals surface area contributed by atoms with Crippen LogP contribution in [0.5, 0.6) is 0 Å². The quantitative estimate of drug-likeness (QED) is 0.653. The van der Waals surface area contributed by atoms with Crippen molar-refractivity contribution in [3.05, 3.63) is 64.4 Å². The second-order valence-corrected chi connectivity index (χ2v) is 4.19. The van der Waals surface area contributed by atoms with E-state index in [1.807, 2.05) is 49.4 Å². The van der Waals surface area contributed by atoms with Crippen molar-refractivity contribution in [1.82, 2.24) is 4.98 Å². The van der Waals surface area contributed by atoms with Crippen LogP contribution < -0.4 is 5.56 Å². The molecule has 1 aromatic heterocycles. The Morgan fingerprint density at radius 2 is 1.83 bits per heavy atom. The third-order valence-corrected chi connectivity index (χ3v) is 2.80. The summed E-state index contributed by atoms with van der Waals surface area (Å²) in [4.78, 5) is 15.9. The van der Waals surface area contributed by atoms with Gasteiger partial charge in [-0.1, -0.05) is 24.3 Å². The highest BCUT2D eigenvalue weighted by Crippen LogP contribution is 2.20. The number of hydrogen-bond acceptors (Lipinski definition) is 3. The van der Waals surface area contributed by atoms with Crippen molar-refractivity contribution < 1.29 is 4.42 Å². The Morgan fingerprint density at radius 1 is 1.06 bits per heavy atom. The van der Waals surface area contributed by atoms with Gasteiger partial charge in [-0.2, -0.15) is 4.98 Å². The normalized spacial score (nSPS) is 10.7. The van der Waals surface area contributed by atoms with E-state index in [9.17, 15) is 4.79 Å². The molecule has 0 amide bonds. The van der Waals surface area contributed by atoms with Crippen molar-refractivity contribution in [2.75, 3.05) is 0 Å². The van der Waals surface area contributed by atoms with Gasteiger partial charge in [0.05, 0.1) is 5.39 Å². The number of benzene rings is 2. The van der Waals surface area contributed by atoms with Crippen molar-refractivity contribution in [2.24, 2.45) is 0 Å². The van der Waals surface area contributed by atoms with Crippen molar-refractivity contribution in [3.63, 3.8) is 0 Å². The second kappa shape index (κ2) is 4.11. The largest absolute Gasteiger partial charge is 0.437 e. The summed E-state index contributed by atoms with van der Waals surface area (Å²) in [6.07, 6.45) is 0. The molecular weight excluding hydrogens is 226 g/mol. The number of fused-ring (bicyclic) bond motifs is 1. The molecule has 3 heteroatoms. The predicted octanol–water partition coefficient (Wildman–Crippen LogP) is 3.16. The van der Waals surface area contributed by atoms with Gasteiger partial charge in [-0.3, -0.25) is 4.79 Å². The minimum atomic E-state index is -0.255. The smallest absolute Gasteiger partial charge is 0.284 e. The van der Waals surface area contributed by atoms with Gasteiger partial charge in [0.25, 0.3) is 5.56 Å². The van der Waals surface area contributed by atoms with Gasteiger partial charge in [-0.05, 0) is 36.8 Å². The van der Waals surface area contributed by atoms with E-state index in [0.29, 0.717) is 16.9 Å². The lowest BCUT2D eigenvalue weighted by atomic mass is 10.2. The molecule has 0 saturated heterocycles. The summed E-state index contributed by atoms with van der Waals surface area (Å²) in [5, 5.41) is 0.514. The van der Waals surface area contributed by atoms with Gasteiger partial charge in [0.15, 0.2) is 0 Å². The SMILES string of the molecule is Cc1ccc2c(=O)nc(-c3ccccc3)oc2c1. The minimum Gasteiger partial charge on any atom is -0.437 e. The van der Waals surface area contributed by atoms with Crippen LogP contribution in [-0.2, 0) is 0 Å². The minimum absolute atomic E-state index is 0.255. The molecule has 0 aliphatic carbocycles. The third-order valence-electron chi connectivity index (χ3n) is 2.80. The molecule has 0 aliphatic rings. The zero-order valence-electron chi connectivity index (χ0n) is 9.88. The first kappa shape index (κ1) is 10.7. The molecule has 88 valence electrons. The zero-order chi connectivity index (χ0) is 12.5. The van der Waals surface area contributed by atoms with Crippen LogP contribution in [-0.4, -0.2) is 4.98 Å². The molecule has 3 rings (SSSR count). The van der Waals surface area contributed by atoms with E-state index in [2.05, 4.69) is 4.98 Å². The van der Waals surface area contributed by atoms with Gasteiger partial charge < -0.3 is 4.42 Å². The maximum atomic E-state index is 11.9. The average Bonchev–Trinajstić information content (AvgIpc) is 2.39. The van der Waals surface area contributed by atoms with E-state index in [-0.39, 0.29) is 5.56 Å². The monoisotopic (exact) mass is 237 g/mol. The van der Waals surface area contributed by atoms with Crippen LogP contribution in [0.3, 0.4) is 0 Å². The summed E-state index contributed by atoms with van der Waals surface area (Å²) in [5.74, 6) is 0.360. The van der Waals surface area contributed by atoms with Gasteiger partial charge in [-0.25, -0.2) is 0 Å². The van der Waals surface area contributed by atoms with Crippen LogP contribution in [0.15, 0.2) is 57.7 Å². The fourth-order valence-electron chi connectivity index (χ4n) is 1.87. The summed E-state index contributed by atoms with van der Waals surface area (Å²) in [5.41, 5.74) is 2.18. The standard InChI is InChI=1S/C15H11NO2/c1-10-7-8-12-13(9-10)18-15(16-14(12)17)11-5-3-2-4-6-11/h2-9H,1H3. The molecule has 0 N–H and O–H groups in total. The van der Waals surface area contributed by atoms with Crippen molar-refractivity contribution in [1.29, 1.82) is 0 Å². The molecule has 0 atom stereocenters. The van der Waals surface area contributed by atoms with Gasteiger partial charge in [-0.15, -0.1) is 0 Å². The lowest BCUT2D eigenvalue weighted by Gasteiger charge is -2.02. The van der Waals surface area contributed by atoms with E-state index < -0.39 is 0 Å². The second-order valence-electron chi connectivity index (χ2n) is 4.19. The number of aryl methyl sites for hydroxylation is 1. The van der Waals surface area contributed by atoms with Crippen molar-refractivity contribution >= 4 is 11.0 Å². The van der Waals surface area contributed by atoms with E-state index >= 15 is 0 Å². The van der Waals surface area contributed by atoms with Crippen LogP contribution >= 0.6 is 0 Å². The Balaban J connectivity index is 2.30. The predicted molar refractivity (Wildman–Crippen MR) is 70.5 cm³/mol. The van der Waals surface area contributed by atoms with Crippen LogP contribution in [0.2, 0.25) is 0 Å². The molecule has 3 nitrogen and oxygen atoms in total. The van der Waals surface area contributed by atoms with Crippen LogP contribution in [0.25, 0.3) is 22.4 Å². The lowest BCUT2D eigenvalue weighted by Crippen LogP contribution is -2.07. The van der Waals surface area contributed by atoms with E-state index in [0.717, 1.165) is 11.1 Å². The Labute approximate surface area is 104 Å². The Morgan fingerprint density at radius 3 is 2.61 bits per heavy atom. The Hall–Kier alpha value is -2.42. The van der Waals surface area contributed by atoms with E-state index in [1.165, 1.54) is 0 Å². The summed E-state index contributed by atoms with van der Waals surface area (Å²) >= 11 is 0. The molecule has 0 unspecified atom stereocenters. The zero-order valence-corrected chi connectivity index (χ0v) is 9.88. The number of nitrogens with zero attached hydrogens (tertiary/aromatic N) is 1. The molecule has 3 aromatic rings. The summed E-state index contributed by atoms with van der Waals surface area (Å²) in [7, 11) is 0. The molecular formula is C15H11NO2. The van der Waals surface area contributed by atoms with Gasteiger partial charge >= 0.3 is 0 Å². The van der Waals surface area contributed by atoms with Gasteiger partial charge in [0.1, 0.15) is 5.58 Å². The number of rotatable bonds is 1. The van der Waals surface area contributed by atoms with E-state index in [1.54, 1.807) is 6.07 Å². The average molecular weight is 237 g/mol. The summed E-state index contributed by atoms with van der Waals surface area (Å²) in [6.45, 7) is 1.96. The Bertz CT molecular complexity index is 760. The maximum Gasteiger partial charge on any atom is 0.284 e.